The molecular weight excluding hydrogens is 390 g/mol. The highest BCUT2D eigenvalue weighted by atomic mass is 79.9. The van der Waals surface area contributed by atoms with Crippen LogP contribution in [0.25, 0.3) is 0 Å². The molecule has 118 valence electrons. The van der Waals surface area contributed by atoms with Gasteiger partial charge in [0.15, 0.2) is 0 Å². The molecule has 0 aliphatic heterocycles. The zero-order chi connectivity index (χ0) is 16.5. The van der Waals surface area contributed by atoms with Crippen molar-refractivity contribution in [1.29, 1.82) is 0 Å². The first-order chi connectivity index (χ1) is 10.1. The third kappa shape index (κ3) is 3.77. The van der Waals surface area contributed by atoms with Crippen molar-refractivity contribution in [2.24, 2.45) is 0 Å². The molecule has 0 atom stereocenters. The average molecular weight is 398 g/mol. The minimum Gasteiger partial charge on any atom is -0.277 e. The van der Waals surface area contributed by atoms with Crippen molar-refractivity contribution in [1.82, 2.24) is 0 Å². The maximum Gasteiger partial charge on any atom is 0.416 e. The van der Waals surface area contributed by atoms with Gasteiger partial charge in [0.05, 0.1) is 16.1 Å². The van der Waals surface area contributed by atoms with E-state index in [-0.39, 0.29) is 10.2 Å². The Bertz CT molecular complexity index is 806. The molecule has 0 bridgehead atoms. The third-order valence-electron chi connectivity index (χ3n) is 2.63. The summed E-state index contributed by atoms with van der Waals surface area (Å²) in [5, 5.41) is 0. The van der Waals surface area contributed by atoms with Crippen molar-refractivity contribution in [3.63, 3.8) is 0 Å². The quantitative estimate of drug-likeness (QED) is 0.779. The van der Waals surface area contributed by atoms with E-state index in [0.29, 0.717) is 6.07 Å². The first-order valence-electron chi connectivity index (χ1n) is 5.75. The highest BCUT2D eigenvalue weighted by Crippen LogP contribution is 2.33. The molecule has 22 heavy (non-hydrogen) atoms. The van der Waals surface area contributed by atoms with Gasteiger partial charge in [-0.25, -0.2) is 12.8 Å². The number of para-hydroxylation sites is 1. The molecule has 0 heterocycles. The van der Waals surface area contributed by atoms with Gasteiger partial charge in [-0.3, -0.25) is 4.72 Å². The molecule has 0 aliphatic rings. The number of nitrogens with one attached hydrogen (secondary N) is 1. The molecule has 0 saturated heterocycles. The van der Waals surface area contributed by atoms with Gasteiger partial charge in [0, 0.05) is 4.47 Å². The fraction of sp³-hybridized carbons (Fsp3) is 0.0769. The number of benzene rings is 2. The zero-order valence-electron chi connectivity index (χ0n) is 10.7. The van der Waals surface area contributed by atoms with Crippen LogP contribution in [-0.4, -0.2) is 8.42 Å². The summed E-state index contributed by atoms with van der Waals surface area (Å²) in [4.78, 5) is -0.627. The van der Waals surface area contributed by atoms with Crippen molar-refractivity contribution >= 4 is 31.6 Å². The molecule has 0 radical (unpaired) electrons. The fourth-order valence-electron chi connectivity index (χ4n) is 1.63. The molecule has 0 fully saturated rings. The molecule has 3 nitrogen and oxygen atoms in total. The minimum atomic E-state index is -4.70. The van der Waals surface area contributed by atoms with Crippen molar-refractivity contribution in [2.75, 3.05) is 4.72 Å². The van der Waals surface area contributed by atoms with E-state index in [9.17, 15) is 26.0 Å². The van der Waals surface area contributed by atoms with Gasteiger partial charge in [-0.2, -0.15) is 13.2 Å². The van der Waals surface area contributed by atoms with Gasteiger partial charge in [-0.15, -0.1) is 0 Å². The maximum absolute atomic E-state index is 13.5. The molecule has 0 unspecified atom stereocenters. The highest BCUT2D eigenvalue weighted by Gasteiger charge is 2.32. The second-order valence-electron chi connectivity index (χ2n) is 4.26. The molecule has 2 rings (SSSR count). The van der Waals surface area contributed by atoms with E-state index >= 15 is 0 Å². The molecule has 0 aliphatic carbocycles. The molecule has 0 aromatic heterocycles. The van der Waals surface area contributed by atoms with Gasteiger partial charge in [-0.1, -0.05) is 28.1 Å². The van der Waals surface area contributed by atoms with Crippen LogP contribution in [0.15, 0.2) is 51.8 Å². The second-order valence-corrected chi connectivity index (χ2v) is 6.86. The van der Waals surface area contributed by atoms with Crippen LogP contribution >= 0.6 is 15.9 Å². The summed E-state index contributed by atoms with van der Waals surface area (Å²) >= 11 is 2.83. The molecule has 2 aromatic carbocycles. The predicted molar refractivity (Wildman–Crippen MR) is 76.4 cm³/mol. The normalized spacial score (nSPS) is 12.2. The first kappa shape index (κ1) is 16.8. The third-order valence-corrected chi connectivity index (χ3v) is 4.43. The Balaban J connectivity index is 2.46. The second kappa shape index (κ2) is 5.88. The van der Waals surface area contributed by atoms with Crippen molar-refractivity contribution in [3.8, 4) is 0 Å². The van der Waals surface area contributed by atoms with Crippen LogP contribution in [0.2, 0.25) is 0 Å². The monoisotopic (exact) mass is 397 g/mol. The number of hydrogen-bond donors (Lipinski definition) is 1. The van der Waals surface area contributed by atoms with E-state index in [2.05, 4.69) is 15.9 Å². The van der Waals surface area contributed by atoms with Crippen LogP contribution in [-0.2, 0) is 16.2 Å². The molecule has 1 N–H and O–H groups in total. The fourth-order valence-corrected chi connectivity index (χ4v) is 3.41. The summed E-state index contributed by atoms with van der Waals surface area (Å²) in [5.41, 5.74) is -1.48. The van der Waals surface area contributed by atoms with E-state index in [1.807, 2.05) is 4.72 Å². The number of rotatable bonds is 3. The van der Waals surface area contributed by atoms with Crippen molar-refractivity contribution in [3.05, 3.63) is 58.3 Å². The van der Waals surface area contributed by atoms with Gasteiger partial charge in [0.25, 0.3) is 10.0 Å². The van der Waals surface area contributed by atoms with Crippen LogP contribution in [0.5, 0.6) is 0 Å². The standard InChI is InChI=1S/C13H8BrF4NO2S/c14-9-5-8(13(16,17)18)6-10(7-9)22(20,21)19-12-4-2-1-3-11(12)15/h1-7,19H. The van der Waals surface area contributed by atoms with Gasteiger partial charge >= 0.3 is 6.18 Å². The van der Waals surface area contributed by atoms with Crippen molar-refractivity contribution < 1.29 is 26.0 Å². The molecule has 0 spiro atoms. The number of alkyl halides is 3. The summed E-state index contributed by atoms with van der Waals surface area (Å²) in [6.45, 7) is 0. The lowest BCUT2D eigenvalue weighted by molar-refractivity contribution is -0.137. The molecule has 0 saturated carbocycles. The smallest absolute Gasteiger partial charge is 0.277 e. The van der Waals surface area contributed by atoms with Crippen LogP contribution in [0.1, 0.15) is 5.56 Å². The summed E-state index contributed by atoms with van der Waals surface area (Å²) in [7, 11) is -4.36. The zero-order valence-corrected chi connectivity index (χ0v) is 13.1. The summed E-state index contributed by atoms with van der Waals surface area (Å²) < 4.78 is 77.8. The lowest BCUT2D eigenvalue weighted by Gasteiger charge is -2.12. The molecule has 0 amide bonds. The van der Waals surface area contributed by atoms with Crippen LogP contribution in [0.4, 0.5) is 23.2 Å². The Hall–Kier alpha value is -1.61. The van der Waals surface area contributed by atoms with E-state index in [4.69, 9.17) is 0 Å². The first-order valence-corrected chi connectivity index (χ1v) is 8.02. The Morgan fingerprint density at radius 3 is 2.27 bits per heavy atom. The lowest BCUT2D eigenvalue weighted by atomic mass is 10.2. The average Bonchev–Trinajstić information content (AvgIpc) is 2.39. The van der Waals surface area contributed by atoms with Crippen molar-refractivity contribution in [2.45, 2.75) is 11.1 Å². The molecule has 2 aromatic rings. The number of halogens is 5. The van der Waals surface area contributed by atoms with Gasteiger partial charge in [0.2, 0.25) is 0 Å². The van der Waals surface area contributed by atoms with Crippen LogP contribution < -0.4 is 4.72 Å². The van der Waals surface area contributed by atoms with E-state index in [0.717, 1.165) is 24.3 Å². The van der Waals surface area contributed by atoms with Crippen LogP contribution in [0.3, 0.4) is 0 Å². The summed E-state index contributed by atoms with van der Waals surface area (Å²) in [6.07, 6.45) is -4.70. The van der Waals surface area contributed by atoms with Gasteiger partial charge < -0.3 is 0 Å². The maximum atomic E-state index is 13.5. The highest BCUT2D eigenvalue weighted by molar-refractivity contribution is 9.10. The van der Waals surface area contributed by atoms with E-state index in [1.54, 1.807) is 0 Å². The number of hydrogen-bond acceptors (Lipinski definition) is 2. The molecule has 9 heteroatoms. The predicted octanol–water partition coefficient (Wildman–Crippen LogP) is 4.41. The minimum absolute atomic E-state index is 0.0590. The Labute approximate surface area is 132 Å². The topological polar surface area (TPSA) is 46.2 Å². The van der Waals surface area contributed by atoms with Gasteiger partial charge in [0.1, 0.15) is 5.82 Å². The molecular formula is C13H8BrF4NO2S. The lowest BCUT2D eigenvalue weighted by Crippen LogP contribution is -2.15. The SMILES string of the molecule is O=S(=O)(Nc1ccccc1F)c1cc(Br)cc(C(F)(F)F)c1. The Kier molecular flexibility index (Phi) is 4.48. The van der Waals surface area contributed by atoms with Gasteiger partial charge in [-0.05, 0) is 30.3 Å². The van der Waals surface area contributed by atoms with E-state index in [1.165, 1.54) is 12.1 Å². The van der Waals surface area contributed by atoms with Crippen LogP contribution in [0, 0.1) is 5.82 Å². The Morgan fingerprint density at radius 1 is 1.05 bits per heavy atom. The number of anilines is 1. The van der Waals surface area contributed by atoms with E-state index < -0.39 is 32.5 Å². The Morgan fingerprint density at radius 2 is 1.68 bits per heavy atom. The number of sulfonamides is 1. The summed E-state index contributed by atoms with van der Waals surface area (Å²) in [6, 6.07) is 7.17. The largest absolute Gasteiger partial charge is 0.416 e. The summed E-state index contributed by atoms with van der Waals surface area (Å²) in [5.74, 6) is -0.836.